The smallest absolute Gasteiger partial charge is 0.127 e. The van der Waals surface area contributed by atoms with E-state index in [2.05, 4.69) is 53.0 Å². The number of nitrogen functional groups attached to an aromatic ring is 1. The number of nitrogens with two attached hydrogens (primary N) is 1. The fourth-order valence-electron chi connectivity index (χ4n) is 1.75. The number of halogens is 1. The molecule has 0 aliphatic carbocycles. The SMILES string of the molecule is Cc1c(C)n(C)c2c(I)nc(N)cc12. The minimum absolute atomic E-state index is 0.593. The molecule has 2 aromatic rings. The topological polar surface area (TPSA) is 43.8 Å². The van der Waals surface area contributed by atoms with Crippen molar-refractivity contribution >= 4 is 39.3 Å². The maximum Gasteiger partial charge on any atom is 0.127 e. The molecule has 2 rings (SSSR count). The number of fused-ring (bicyclic) bond motifs is 1. The molecule has 0 spiro atoms. The van der Waals surface area contributed by atoms with Gasteiger partial charge in [0.2, 0.25) is 0 Å². The number of rotatable bonds is 0. The summed E-state index contributed by atoms with van der Waals surface area (Å²) in [5, 5.41) is 1.21. The maximum absolute atomic E-state index is 5.73. The monoisotopic (exact) mass is 301 g/mol. The average Bonchev–Trinajstić information content (AvgIpc) is 2.31. The van der Waals surface area contributed by atoms with E-state index in [0.29, 0.717) is 5.82 Å². The highest BCUT2D eigenvalue weighted by atomic mass is 127. The molecule has 0 aliphatic heterocycles. The number of pyridine rings is 1. The van der Waals surface area contributed by atoms with E-state index in [4.69, 9.17) is 5.73 Å². The van der Waals surface area contributed by atoms with Crippen LogP contribution in [0.25, 0.3) is 10.9 Å². The summed E-state index contributed by atoms with van der Waals surface area (Å²) in [6.07, 6.45) is 0. The van der Waals surface area contributed by atoms with E-state index < -0.39 is 0 Å². The molecule has 0 aliphatic rings. The molecule has 14 heavy (non-hydrogen) atoms. The van der Waals surface area contributed by atoms with Crippen LogP contribution in [0, 0.1) is 17.5 Å². The molecule has 0 radical (unpaired) electrons. The summed E-state index contributed by atoms with van der Waals surface area (Å²) in [6, 6.07) is 1.94. The van der Waals surface area contributed by atoms with Crippen LogP contribution >= 0.6 is 22.6 Å². The second kappa shape index (κ2) is 3.12. The van der Waals surface area contributed by atoms with E-state index in [1.807, 2.05) is 6.07 Å². The van der Waals surface area contributed by atoms with Gasteiger partial charge >= 0.3 is 0 Å². The van der Waals surface area contributed by atoms with Crippen molar-refractivity contribution in [1.82, 2.24) is 9.55 Å². The van der Waals surface area contributed by atoms with Crippen molar-refractivity contribution in [2.75, 3.05) is 5.73 Å². The van der Waals surface area contributed by atoms with Crippen LogP contribution in [0.3, 0.4) is 0 Å². The first kappa shape index (κ1) is 9.76. The lowest BCUT2D eigenvalue weighted by Crippen LogP contribution is -1.96. The second-order valence-electron chi connectivity index (χ2n) is 3.50. The normalized spacial score (nSPS) is 11.1. The maximum atomic E-state index is 5.73. The molecular weight excluding hydrogens is 289 g/mol. The third-order valence-electron chi connectivity index (χ3n) is 2.76. The van der Waals surface area contributed by atoms with Gasteiger partial charge in [0.15, 0.2) is 0 Å². The lowest BCUT2D eigenvalue weighted by Gasteiger charge is -2.01. The van der Waals surface area contributed by atoms with Crippen molar-refractivity contribution in [3.8, 4) is 0 Å². The van der Waals surface area contributed by atoms with E-state index in [1.165, 1.54) is 22.2 Å². The van der Waals surface area contributed by atoms with Crippen LogP contribution in [0.1, 0.15) is 11.3 Å². The summed E-state index contributed by atoms with van der Waals surface area (Å²) in [4.78, 5) is 4.26. The Morgan fingerprint density at radius 1 is 1.43 bits per heavy atom. The van der Waals surface area contributed by atoms with Gasteiger partial charge in [0, 0.05) is 18.1 Å². The molecule has 0 saturated heterocycles. The largest absolute Gasteiger partial charge is 0.384 e. The summed E-state index contributed by atoms with van der Waals surface area (Å²) in [5.41, 5.74) is 9.46. The van der Waals surface area contributed by atoms with Gasteiger partial charge in [0.1, 0.15) is 9.52 Å². The van der Waals surface area contributed by atoms with Gasteiger partial charge in [-0.05, 0) is 48.1 Å². The standard InChI is InChI=1S/C10H12IN3/c1-5-6(2)14(3)9-7(5)4-8(12)13-10(9)11/h4H,1-3H3,(H2,12,13). The molecule has 2 aromatic heterocycles. The van der Waals surface area contributed by atoms with Crippen molar-refractivity contribution in [3.05, 3.63) is 21.0 Å². The molecule has 2 heterocycles. The van der Waals surface area contributed by atoms with Gasteiger partial charge in [-0.3, -0.25) is 0 Å². The molecule has 0 unspecified atom stereocenters. The van der Waals surface area contributed by atoms with E-state index in [-0.39, 0.29) is 0 Å². The van der Waals surface area contributed by atoms with Crippen molar-refractivity contribution in [2.45, 2.75) is 13.8 Å². The Kier molecular flexibility index (Phi) is 2.17. The molecule has 74 valence electrons. The zero-order chi connectivity index (χ0) is 10.5. The predicted molar refractivity (Wildman–Crippen MR) is 67.3 cm³/mol. The highest BCUT2D eigenvalue weighted by Gasteiger charge is 2.12. The van der Waals surface area contributed by atoms with Crippen LogP contribution in [0.4, 0.5) is 5.82 Å². The first-order valence-electron chi connectivity index (χ1n) is 4.40. The van der Waals surface area contributed by atoms with E-state index in [1.54, 1.807) is 0 Å². The zero-order valence-corrected chi connectivity index (χ0v) is 10.6. The van der Waals surface area contributed by atoms with Gasteiger partial charge in [-0.2, -0.15) is 0 Å². The number of aryl methyl sites for hydroxylation is 2. The first-order valence-corrected chi connectivity index (χ1v) is 5.48. The van der Waals surface area contributed by atoms with Crippen LogP contribution in [0.15, 0.2) is 6.07 Å². The molecule has 0 fully saturated rings. The molecule has 3 nitrogen and oxygen atoms in total. The minimum Gasteiger partial charge on any atom is -0.384 e. The van der Waals surface area contributed by atoms with Crippen molar-refractivity contribution in [1.29, 1.82) is 0 Å². The van der Waals surface area contributed by atoms with Crippen LogP contribution in [-0.2, 0) is 7.05 Å². The van der Waals surface area contributed by atoms with E-state index in [0.717, 1.165) is 3.70 Å². The lowest BCUT2D eigenvalue weighted by atomic mass is 10.2. The van der Waals surface area contributed by atoms with Crippen LogP contribution in [0.5, 0.6) is 0 Å². The number of hydrogen-bond acceptors (Lipinski definition) is 2. The molecule has 0 atom stereocenters. The summed E-state index contributed by atoms with van der Waals surface area (Å²) in [7, 11) is 2.06. The molecule has 0 amide bonds. The fraction of sp³-hybridized carbons (Fsp3) is 0.300. The molecule has 2 N–H and O–H groups in total. The second-order valence-corrected chi connectivity index (χ2v) is 4.53. The Morgan fingerprint density at radius 2 is 2.07 bits per heavy atom. The fourth-order valence-corrected chi connectivity index (χ4v) is 2.68. The van der Waals surface area contributed by atoms with Crippen molar-refractivity contribution < 1.29 is 0 Å². The Hall–Kier alpha value is -0.780. The van der Waals surface area contributed by atoms with Gasteiger partial charge in [-0.1, -0.05) is 0 Å². The summed E-state index contributed by atoms with van der Waals surface area (Å²) >= 11 is 2.23. The van der Waals surface area contributed by atoms with Crippen molar-refractivity contribution in [2.24, 2.45) is 7.05 Å². The number of hydrogen-bond donors (Lipinski definition) is 1. The quantitative estimate of drug-likeness (QED) is 0.600. The zero-order valence-electron chi connectivity index (χ0n) is 8.43. The van der Waals surface area contributed by atoms with Crippen LogP contribution in [-0.4, -0.2) is 9.55 Å². The number of nitrogens with zero attached hydrogens (tertiary/aromatic N) is 2. The Balaban J connectivity index is 3.02. The molecule has 0 aromatic carbocycles. The highest BCUT2D eigenvalue weighted by Crippen LogP contribution is 2.28. The summed E-state index contributed by atoms with van der Waals surface area (Å²) in [6.45, 7) is 4.23. The highest BCUT2D eigenvalue weighted by molar-refractivity contribution is 14.1. The number of aromatic nitrogens is 2. The van der Waals surface area contributed by atoms with Gasteiger partial charge in [0.05, 0.1) is 5.52 Å². The first-order chi connectivity index (χ1) is 6.52. The van der Waals surface area contributed by atoms with Gasteiger partial charge in [0.25, 0.3) is 0 Å². The Morgan fingerprint density at radius 3 is 2.71 bits per heavy atom. The third-order valence-corrected chi connectivity index (χ3v) is 3.51. The van der Waals surface area contributed by atoms with Crippen LogP contribution < -0.4 is 5.73 Å². The summed E-state index contributed by atoms with van der Waals surface area (Å²) in [5.74, 6) is 0.593. The van der Waals surface area contributed by atoms with E-state index >= 15 is 0 Å². The molecule has 0 saturated carbocycles. The van der Waals surface area contributed by atoms with Crippen LogP contribution in [0.2, 0.25) is 0 Å². The predicted octanol–water partition coefficient (Wildman–Crippen LogP) is 2.38. The molecule has 4 heteroatoms. The van der Waals surface area contributed by atoms with E-state index in [9.17, 15) is 0 Å². The Labute approximate surface area is 96.4 Å². The van der Waals surface area contributed by atoms with Gasteiger partial charge in [-0.15, -0.1) is 0 Å². The lowest BCUT2D eigenvalue weighted by molar-refractivity contribution is 0.905. The molecular formula is C10H12IN3. The average molecular weight is 301 g/mol. The molecule has 0 bridgehead atoms. The summed E-state index contributed by atoms with van der Waals surface area (Å²) < 4.78 is 3.13. The third kappa shape index (κ3) is 1.20. The van der Waals surface area contributed by atoms with Crippen molar-refractivity contribution in [3.63, 3.8) is 0 Å². The van der Waals surface area contributed by atoms with Gasteiger partial charge in [-0.25, -0.2) is 4.98 Å². The van der Waals surface area contributed by atoms with Gasteiger partial charge < -0.3 is 10.3 Å². The minimum atomic E-state index is 0.593. The Bertz CT molecular complexity index is 514. The number of anilines is 1.